The maximum Gasteiger partial charge on any atom is 0.315 e. The highest BCUT2D eigenvalue weighted by Crippen LogP contribution is 2.37. The van der Waals surface area contributed by atoms with Crippen molar-refractivity contribution in [3.05, 3.63) is 85.7 Å². The minimum Gasteiger partial charge on any atom is -0.500 e. The lowest BCUT2D eigenvalue weighted by atomic mass is 9.96. The summed E-state index contributed by atoms with van der Waals surface area (Å²) in [5.74, 6) is 0.544. The first-order valence-corrected chi connectivity index (χ1v) is 12.1. The average molecular weight is 517 g/mol. The molecule has 1 heterocycles. The number of benzene rings is 3. The monoisotopic (exact) mass is 516 g/mol. The van der Waals surface area contributed by atoms with Crippen LogP contribution in [-0.2, 0) is 0 Å². The van der Waals surface area contributed by atoms with Gasteiger partial charge in [0.2, 0.25) is 5.75 Å². The number of hydrogen-bond acceptors (Lipinski definition) is 8. The summed E-state index contributed by atoms with van der Waals surface area (Å²) in [6.07, 6.45) is 1.30. The minimum atomic E-state index is -0.721. The van der Waals surface area contributed by atoms with Crippen molar-refractivity contribution in [2.24, 2.45) is 5.10 Å². The summed E-state index contributed by atoms with van der Waals surface area (Å²) in [4.78, 5) is 29.1. The lowest BCUT2D eigenvalue weighted by Gasteiger charge is -2.18. The van der Waals surface area contributed by atoms with E-state index in [2.05, 4.69) is 18.9 Å². The molecule has 1 N–H and O–H groups in total. The second-order valence-corrected chi connectivity index (χ2v) is 8.95. The van der Waals surface area contributed by atoms with Crippen LogP contribution in [0.4, 0.5) is 5.69 Å². The lowest BCUT2D eigenvalue weighted by molar-refractivity contribution is -0.386. The van der Waals surface area contributed by atoms with Gasteiger partial charge in [-0.2, -0.15) is 9.78 Å². The molecule has 38 heavy (non-hydrogen) atoms. The number of aromatic hydroxyl groups is 1. The van der Waals surface area contributed by atoms with Gasteiger partial charge < -0.3 is 14.6 Å². The number of fused-ring (bicyclic) bond motifs is 1. The van der Waals surface area contributed by atoms with E-state index in [-0.39, 0.29) is 17.2 Å². The van der Waals surface area contributed by atoms with Gasteiger partial charge >= 0.3 is 5.69 Å². The van der Waals surface area contributed by atoms with Crippen molar-refractivity contribution < 1.29 is 19.5 Å². The largest absolute Gasteiger partial charge is 0.500 e. The first-order valence-electron chi connectivity index (χ1n) is 12.1. The zero-order valence-corrected chi connectivity index (χ0v) is 21.8. The molecule has 3 aromatic carbocycles. The minimum absolute atomic E-state index is 0.0891. The van der Waals surface area contributed by atoms with E-state index in [9.17, 15) is 20.0 Å². The Hall–Kier alpha value is -4.73. The number of hydrogen-bond donors (Lipinski definition) is 1. The molecular weight excluding hydrogens is 488 g/mol. The smallest absolute Gasteiger partial charge is 0.315 e. The van der Waals surface area contributed by atoms with Gasteiger partial charge in [-0.3, -0.25) is 14.9 Å². The number of nitro groups is 1. The van der Waals surface area contributed by atoms with Crippen LogP contribution in [0.2, 0.25) is 0 Å². The molecule has 196 valence electrons. The van der Waals surface area contributed by atoms with E-state index in [0.717, 1.165) is 22.9 Å². The predicted molar refractivity (Wildman–Crippen MR) is 146 cm³/mol. The number of phenols is 1. The topological polar surface area (TPSA) is 129 Å². The number of nitro benzene ring substituents is 1. The number of aryl methyl sites for hydroxylation is 1. The van der Waals surface area contributed by atoms with Crippen LogP contribution in [-0.4, -0.2) is 39.6 Å². The zero-order valence-electron chi connectivity index (χ0n) is 21.8. The number of rotatable bonds is 8. The van der Waals surface area contributed by atoms with Crippen LogP contribution in [0.1, 0.15) is 43.4 Å². The Kier molecular flexibility index (Phi) is 7.43. The quantitative estimate of drug-likeness (QED) is 0.189. The second kappa shape index (κ2) is 10.7. The summed E-state index contributed by atoms with van der Waals surface area (Å²) in [6.45, 7) is 8.46. The number of nitrogens with zero attached hydrogens (tertiary/aromatic N) is 4. The Bertz CT molecular complexity index is 1620. The van der Waals surface area contributed by atoms with Gasteiger partial charge in [-0.05, 0) is 61.2 Å². The highest BCUT2D eigenvalue weighted by molar-refractivity contribution is 5.84. The van der Waals surface area contributed by atoms with Crippen molar-refractivity contribution in [3.63, 3.8) is 0 Å². The summed E-state index contributed by atoms with van der Waals surface area (Å²) in [7, 11) is 1.29. The Morgan fingerprint density at radius 1 is 1.18 bits per heavy atom. The fraction of sp³-hybridized carbons (Fsp3) is 0.250. The molecule has 0 radical (unpaired) electrons. The maximum atomic E-state index is 13.6. The van der Waals surface area contributed by atoms with E-state index in [4.69, 9.17) is 14.5 Å². The molecule has 4 aromatic rings. The number of ether oxygens (including phenoxy) is 2. The SMILES string of the molecule is CCOc1cc(C)c(-c2nc3ccccc3c(=O)n2N=Cc2cc(OC)c(O)c([N+](=O)[O-])c2)cc1C(C)C. The van der Waals surface area contributed by atoms with Gasteiger partial charge in [-0.1, -0.05) is 26.0 Å². The molecule has 10 heteroatoms. The zero-order chi connectivity index (χ0) is 27.6. The number of para-hydroxylation sites is 1. The standard InChI is InChI=1S/C28H28N4O6/c1-6-38-24-11-17(4)21(14-20(24)16(2)3)27-30-22-10-8-7-9-19(22)28(34)31(27)29-15-18-12-23(32(35)36)26(33)25(13-18)37-5/h7-16,33H,6H2,1-5H3. The summed E-state index contributed by atoms with van der Waals surface area (Å²) in [6, 6.07) is 13.4. The number of methoxy groups -OCH3 is 1. The molecule has 0 aliphatic carbocycles. The molecular formula is C28H28N4O6. The third-order valence-electron chi connectivity index (χ3n) is 6.09. The van der Waals surface area contributed by atoms with Crippen LogP contribution in [0, 0.1) is 17.0 Å². The van der Waals surface area contributed by atoms with Gasteiger partial charge in [0.1, 0.15) is 5.75 Å². The van der Waals surface area contributed by atoms with Gasteiger partial charge in [-0.25, -0.2) is 4.98 Å². The van der Waals surface area contributed by atoms with Crippen LogP contribution in [0.5, 0.6) is 17.2 Å². The summed E-state index contributed by atoms with van der Waals surface area (Å²) in [5.41, 5.74) is 2.32. The molecule has 0 amide bonds. The normalized spacial score (nSPS) is 11.4. The lowest BCUT2D eigenvalue weighted by Crippen LogP contribution is -2.21. The van der Waals surface area contributed by atoms with Crippen LogP contribution >= 0.6 is 0 Å². The van der Waals surface area contributed by atoms with E-state index in [1.807, 2.05) is 26.0 Å². The highest BCUT2D eigenvalue weighted by Gasteiger charge is 2.21. The van der Waals surface area contributed by atoms with Gasteiger partial charge in [0.05, 0.1) is 35.8 Å². The van der Waals surface area contributed by atoms with Gasteiger partial charge in [0, 0.05) is 17.2 Å². The van der Waals surface area contributed by atoms with Crippen LogP contribution in [0.25, 0.3) is 22.3 Å². The van der Waals surface area contributed by atoms with Gasteiger partial charge in [0.15, 0.2) is 11.6 Å². The first kappa shape index (κ1) is 26.3. The molecule has 0 aliphatic rings. The third kappa shape index (κ3) is 4.93. The van der Waals surface area contributed by atoms with Crippen LogP contribution in [0.15, 0.2) is 58.4 Å². The predicted octanol–water partition coefficient (Wildman–Crippen LogP) is 5.40. The van der Waals surface area contributed by atoms with Crippen molar-refractivity contribution in [2.75, 3.05) is 13.7 Å². The average Bonchev–Trinajstić information content (AvgIpc) is 2.88. The molecule has 0 unspecified atom stereocenters. The van der Waals surface area contributed by atoms with E-state index >= 15 is 0 Å². The van der Waals surface area contributed by atoms with Crippen molar-refractivity contribution in [1.82, 2.24) is 9.66 Å². The Morgan fingerprint density at radius 3 is 2.58 bits per heavy atom. The molecule has 0 bridgehead atoms. The summed E-state index contributed by atoms with van der Waals surface area (Å²) < 4.78 is 12.1. The molecule has 0 saturated carbocycles. The molecule has 0 fully saturated rings. The van der Waals surface area contributed by atoms with E-state index in [0.29, 0.717) is 28.9 Å². The fourth-order valence-electron chi connectivity index (χ4n) is 4.18. The number of aromatic nitrogens is 2. The molecule has 0 spiro atoms. The van der Waals surface area contributed by atoms with Gasteiger partial charge in [-0.15, -0.1) is 0 Å². The summed E-state index contributed by atoms with van der Waals surface area (Å²) in [5, 5.41) is 26.3. The van der Waals surface area contributed by atoms with Crippen molar-refractivity contribution in [1.29, 1.82) is 0 Å². The number of phenolic OH excluding ortho intramolecular Hbond substituents is 1. The Labute approximate surface area is 218 Å². The molecule has 1 aromatic heterocycles. The highest BCUT2D eigenvalue weighted by atomic mass is 16.6. The Morgan fingerprint density at radius 2 is 1.92 bits per heavy atom. The molecule has 0 atom stereocenters. The fourth-order valence-corrected chi connectivity index (χ4v) is 4.18. The van der Waals surface area contributed by atoms with Crippen molar-refractivity contribution in [2.45, 2.75) is 33.6 Å². The molecule has 0 aliphatic heterocycles. The van der Waals surface area contributed by atoms with Crippen molar-refractivity contribution in [3.8, 4) is 28.6 Å². The van der Waals surface area contributed by atoms with Gasteiger partial charge in [0.25, 0.3) is 5.56 Å². The van der Waals surface area contributed by atoms with Crippen LogP contribution < -0.4 is 15.0 Å². The van der Waals surface area contributed by atoms with Crippen molar-refractivity contribution >= 4 is 22.8 Å². The summed E-state index contributed by atoms with van der Waals surface area (Å²) >= 11 is 0. The third-order valence-corrected chi connectivity index (χ3v) is 6.09. The molecule has 4 rings (SSSR count). The van der Waals surface area contributed by atoms with E-state index < -0.39 is 21.9 Å². The Balaban J connectivity index is 1.98. The first-order chi connectivity index (χ1) is 18.2. The molecule has 0 saturated heterocycles. The van der Waals surface area contributed by atoms with Crippen LogP contribution in [0.3, 0.4) is 0 Å². The van der Waals surface area contributed by atoms with E-state index in [1.54, 1.807) is 24.3 Å². The maximum absolute atomic E-state index is 13.6. The molecule has 10 nitrogen and oxygen atoms in total. The second-order valence-electron chi connectivity index (χ2n) is 8.95. The van der Waals surface area contributed by atoms with E-state index in [1.165, 1.54) is 24.1 Å².